The molecular weight excluding hydrogens is 252 g/mol. The van der Waals surface area contributed by atoms with Gasteiger partial charge in [-0.25, -0.2) is 0 Å². The highest BCUT2D eigenvalue weighted by Gasteiger charge is 2.15. The van der Waals surface area contributed by atoms with Crippen molar-refractivity contribution in [3.8, 4) is 5.75 Å². The molecule has 2 aromatic rings. The summed E-state index contributed by atoms with van der Waals surface area (Å²) in [4.78, 5) is 12.1. The number of ether oxygens (including phenoxy) is 1. The van der Waals surface area contributed by atoms with E-state index in [1.54, 1.807) is 19.1 Å². The minimum atomic E-state index is -0.601. The summed E-state index contributed by atoms with van der Waals surface area (Å²) >= 11 is 0. The molecule has 0 fully saturated rings. The fourth-order valence-electron chi connectivity index (χ4n) is 1.79. The van der Waals surface area contributed by atoms with Gasteiger partial charge in [-0.05, 0) is 43.7 Å². The molecule has 2 aromatic carbocycles. The molecule has 1 atom stereocenters. The van der Waals surface area contributed by atoms with Crippen molar-refractivity contribution in [1.82, 2.24) is 0 Å². The molecule has 2 rings (SSSR count). The van der Waals surface area contributed by atoms with Gasteiger partial charge in [-0.3, -0.25) is 4.79 Å². The monoisotopic (exact) mass is 270 g/mol. The molecule has 4 nitrogen and oxygen atoms in total. The van der Waals surface area contributed by atoms with Gasteiger partial charge in [-0.2, -0.15) is 0 Å². The van der Waals surface area contributed by atoms with Crippen LogP contribution in [0.25, 0.3) is 0 Å². The van der Waals surface area contributed by atoms with Crippen LogP contribution in [0.15, 0.2) is 48.5 Å². The van der Waals surface area contributed by atoms with Gasteiger partial charge in [0.15, 0.2) is 6.10 Å². The van der Waals surface area contributed by atoms with Crippen LogP contribution in [0.1, 0.15) is 12.5 Å². The van der Waals surface area contributed by atoms with Gasteiger partial charge < -0.3 is 15.8 Å². The summed E-state index contributed by atoms with van der Waals surface area (Å²) in [5.41, 5.74) is 8.00. The molecule has 1 unspecified atom stereocenters. The van der Waals surface area contributed by atoms with Gasteiger partial charge in [-0.15, -0.1) is 0 Å². The average molecular weight is 270 g/mol. The van der Waals surface area contributed by atoms with Crippen molar-refractivity contribution >= 4 is 17.3 Å². The third-order valence-corrected chi connectivity index (χ3v) is 2.89. The van der Waals surface area contributed by atoms with Gasteiger partial charge in [0.25, 0.3) is 5.91 Å². The van der Waals surface area contributed by atoms with E-state index in [1.807, 2.05) is 43.3 Å². The molecular formula is C16H18N2O2. The van der Waals surface area contributed by atoms with E-state index in [-0.39, 0.29) is 5.91 Å². The molecule has 20 heavy (non-hydrogen) atoms. The van der Waals surface area contributed by atoms with Crippen LogP contribution in [0.2, 0.25) is 0 Å². The van der Waals surface area contributed by atoms with Crippen LogP contribution in [0.3, 0.4) is 0 Å². The Bertz CT molecular complexity index is 611. The van der Waals surface area contributed by atoms with Crippen LogP contribution in [0.5, 0.6) is 5.75 Å². The van der Waals surface area contributed by atoms with Crippen molar-refractivity contribution < 1.29 is 9.53 Å². The third kappa shape index (κ3) is 3.51. The summed E-state index contributed by atoms with van der Waals surface area (Å²) in [7, 11) is 0. The summed E-state index contributed by atoms with van der Waals surface area (Å²) < 4.78 is 5.62. The average Bonchev–Trinajstić information content (AvgIpc) is 2.41. The predicted molar refractivity (Wildman–Crippen MR) is 80.8 cm³/mol. The number of hydrogen-bond acceptors (Lipinski definition) is 3. The highest BCUT2D eigenvalue weighted by molar-refractivity contribution is 5.96. The van der Waals surface area contributed by atoms with Gasteiger partial charge in [0.1, 0.15) is 5.75 Å². The van der Waals surface area contributed by atoms with Crippen LogP contribution in [0, 0.1) is 6.92 Å². The fraction of sp³-hybridized carbons (Fsp3) is 0.188. The Hall–Kier alpha value is -2.49. The molecule has 1 amide bonds. The number of rotatable bonds is 4. The zero-order chi connectivity index (χ0) is 14.5. The predicted octanol–water partition coefficient (Wildman–Crippen LogP) is 2.98. The van der Waals surface area contributed by atoms with Gasteiger partial charge in [-0.1, -0.05) is 24.3 Å². The molecule has 0 aromatic heterocycles. The van der Waals surface area contributed by atoms with E-state index < -0.39 is 6.10 Å². The number of nitrogen functional groups attached to an aromatic ring is 1. The molecule has 4 heteroatoms. The molecule has 3 N–H and O–H groups in total. The number of amides is 1. The zero-order valence-corrected chi connectivity index (χ0v) is 11.6. The Balaban J connectivity index is 2.01. The highest BCUT2D eigenvalue weighted by Crippen LogP contribution is 2.18. The van der Waals surface area contributed by atoms with Crippen molar-refractivity contribution in [1.29, 1.82) is 0 Å². The lowest BCUT2D eigenvalue weighted by atomic mass is 10.2. The molecule has 0 radical (unpaired) electrons. The molecule has 0 spiro atoms. The van der Waals surface area contributed by atoms with Crippen molar-refractivity contribution in [2.24, 2.45) is 0 Å². The number of para-hydroxylation sites is 2. The maximum absolute atomic E-state index is 12.1. The van der Waals surface area contributed by atoms with E-state index in [0.717, 1.165) is 5.56 Å². The summed E-state index contributed by atoms with van der Waals surface area (Å²) in [5, 5.41) is 2.76. The summed E-state index contributed by atoms with van der Waals surface area (Å²) in [6.07, 6.45) is -0.601. The van der Waals surface area contributed by atoms with Crippen LogP contribution < -0.4 is 15.8 Å². The number of nitrogens with two attached hydrogens (primary N) is 1. The minimum Gasteiger partial charge on any atom is -0.481 e. The standard InChI is InChI=1S/C16H18N2O2/c1-11-6-5-7-13(10-11)20-12(2)16(19)18-15-9-4-3-8-14(15)17/h3-10,12H,17H2,1-2H3,(H,18,19). The third-order valence-electron chi connectivity index (χ3n) is 2.89. The zero-order valence-electron chi connectivity index (χ0n) is 11.6. The quantitative estimate of drug-likeness (QED) is 0.839. The molecule has 0 aliphatic rings. The summed E-state index contributed by atoms with van der Waals surface area (Å²) in [5.74, 6) is 0.443. The smallest absolute Gasteiger partial charge is 0.265 e. The summed E-state index contributed by atoms with van der Waals surface area (Å²) in [6, 6.07) is 14.7. The van der Waals surface area contributed by atoms with Crippen LogP contribution in [-0.4, -0.2) is 12.0 Å². The van der Waals surface area contributed by atoms with Gasteiger partial charge in [0.05, 0.1) is 11.4 Å². The number of hydrogen-bond donors (Lipinski definition) is 2. The normalized spacial score (nSPS) is 11.7. The van der Waals surface area contributed by atoms with E-state index in [4.69, 9.17) is 10.5 Å². The second kappa shape index (κ2) is 6.10. The van der Waals surface area contributed by atoms with Crippen molar-refractivity contribution in [3.05, 3.63) is 54.1 Å². The largest absolute Gasteiger partial charge is 0.481 e. The second-order valence-corrected chi connectivity index (χ2v) is 4.65. The Morgan fingerprint density at radius 3 is 2.65 bits per heavy atom. The Labute approximate surface area is 118 Å². The number of nitrogens with one attached hydrogen (secondary N) is 1. The van der Waals surface area contributed by atoms with Gasteiger partial charge in [0, 0.05) is 0 Å². The number of carbonyl (C=O) groups is 1. The van der Waals surface area contributed by atoms with E-state index in [2.05, 4.69) is 5.32 Å². The Morgan fingerprint density at radius 2 is 1.95 bits per heavy atom. The molecule has 0 saturated heterocycles. The van der Waals surface area contributed by atoms with E-state index in [9.17, 15) is 4.79 Å². The molecule has 104 valence electrons. The van der Waals surface area contributed by atoms with Crippen molar-refractivity contribution in [2.75, 3.05) is 11.1 Å². The van der Waals surface area contributed by atoms with Crippen LogP contribution in [-0.2, 0) is 4.79 Å². The topological polar surface area (TPSA) is 64.3 Å². The highest BCUT2D eigenvalue weighted by atomic mass is 16.5. The number of carbonyl (C=O) groups excluding carboxylic acids is 1. The van der Waals surface area contributed by atoms with Crippen LogP contribution in [0.4, 0.5) is 11.4 Å². The first-order valence-electron chi connectivity index (χ1n) is 6.45. The Kier molecular flexibility index (Phi) is 4.25. The first kappa shape index (κ1) is 13.9. The number of benzene rings is 2. The Morgan fingerprint density at radius 1 is 1.20 bits per heavy atom. The van der Waals surface area contributed by atoms with Crippen LogP contribution >= 0.6 is 0 Å². The summed E-state index contributed by atoms with van der Waals surface area (Å²) in [6.45, 7) is 3.68. The van der Waals surface area contributed by atoms with Gasteiger partial charge >= 0.3 is 0 Å². The molecule has 0 saturated carbocycles. The maximum Gasteiger partial charge on any atom is 0.265 e. The second-order valence-electron chi connectivity index (χ2n) is 4.65. The number of aryl methyl sites for hydroxylation is 1. The number of anilines is 2. The molecule has 0 aliphatic carbocycles. The lowest BCUT2D eigenvalue weighted by Gasteiger charge is -2.15. The first-order valence-corrected chi connectivity index (χ1v) is 6.45. The van der Waals surface area contributed by atoms with Crippen molar-refractivity contribution in [2.45, 2.75) is 20.0 Å². The van der Waals surface area contributed by atoms with E-state index in [0.29, 0.717) is 17.1 Å². The molecule has 0 aliphatic heterocycles. The maximum atomic E-state index is 12.1. The SMILES string of the molecule is Cc1cccc(OC(C)C(=O)Nc2ccccc2N)c1. The van der Waals surface area contributed by atoms with Crippen molar-refractivity contribution in [3.63, 3.8) is 0 Å². The van der Waals surface area contributed by atoms with E-state index in [1.165, 1.54) is 0 Å². The lowest BCUT2D eigenvalue weighted by molar-refractivity contribution is -0.122. The van der Waals surface area contributed by atoms with Gasteiger partial charge in [0.2, 0.25) is 0 Å². The minimum absolute atomic E-state index is 0.232. The first-order chi connectivity index (χ1) is 9.56. The fourth-order valence-corrected chi connectivity index (χ4v) is 1.79. The van der Waals surface area contributed by atoms with E-state index >= 15 is 0 Å². The lowest BCUT2D eigenvalue weighted by Crippen LogP contribution is -2.30. The molecule has 0 heterocycles. The molecule has 0 bridgehead atoms.